The van der Waals surface area contributed by atoms with Gasteiger partial charge in [-0.05, 0) is 49.8 Å². The van der Waals surface area contributed by atoms with Crippen molar-refractivity contribution in [2.24, 2.45) is 0 Å². The summed E-state index contributed by atoms with van der Waals surface area (Å²) in [5.41, 5.74) is 1.55. The maximum absolute atomic E-state index is 13.7. The Bertz CT molecular complexity index is 1140. The molecule has 3 rings (SSSR count). The van der Waals surface area contributed by atoms with E-state index in [0.717, 1.165) is 5.56 Å². The summed E-state index contributed by atoms with van der Waals surface area (Å²) in [4.78, 5) is 24.8. The standard InChI is InChI=1S/C21H22FN5O2S/c1-3-26-18(12-23-20(29)15-9-5-4-8-14(15)2)25-27(21(26)30)13-19(28)24-17-11-7-6-10-16(17)22/h4-11H,3,12-13H2,1-2H3,(H,23,29)(H,24,28). The largest absolute Gasteiger partial charge is 0.345 e. The van der Waals surface area contributed by atoms with Crippen molar-refractivity contribution in [1.82, 2.24) is 19.7 Å². The summed E-state index contributed by atoms with van der Waals surface area (Å²) in [5.74, 6) is -0.655. The van der Waals surface area contributed by atoms with E-state index in [4.69, 9.17) is 12.2 Å². The van der Waals surface area contributed by atoms with Crippen molar-refractivity contribution in [2.75, 3.05) is 5.32 Å². The van der Waals surface area contributed by atoms with Crippen molar-refractivity contribution in [2.45, 2.75) is 33.5 Å². The third-order valence-corrected chi connectivity index (χ3v) is 4.98. The Morgan fingerprint density at radius 2 is 1.83 bits per heavy atom. The van der Waals surface area contributed by atoms with Crippen LogP contribution < -0.4 is 10.6 Å². The maximum atomic E-state index is 13.7. The topological polar surface area (TPSA) is 81.0 Å². The average Bonchev–Trinajstić information content (AvgIpc) is 3.02. The Balaban J connectivity index is 1.71. The molecule has 0 atom stereocenters. The van der Waals surface area contributed by atoms with E-state index in [9.17, 15) is 14.0 Å². The highest BCUT2D eigenvalue weighted by atomic mass is 32.1. The molecular weight excluding hydrogens is 405 g/mol. The number of hydrogen-bond donors (Lipinski definition) is 2. The van der Waals surface area contributed by atoms with Crippen LogP contribution in [0.4, 0.5) is 10.1 Å². The van der Waals surface area contributed by atoms with Crippen LogP contribution >= 0.6 is 12.2 Å². The first kappa shape index (κ1) is 21.4. The number of anilines is 1. The van der Waals surface area contributed by atoms with Crippen LogP contribution in [0.5, 0.6) is 0 Å². The Labute approximate surface area is 178 Å². The van der Waals surface area contributed by atoms with Gasteiger partial charge in [0.25, 0.3) is 5.91 Å². The van der Waals surface area contributed by atoms with Gasteiger partial charge < -0.3 is 15.2 Å². The van der Waals surface area contributed by atoms with E-state index >= 15 is 0 Å². The molecule has 0 unspecified atom stereocenters. The van der Waals surface area contributed by atoms with Crippen molar-refractivity contribution >= 4 is 29.7 Å². The lowest BCUT2D eigenvalue weighted by molar-refractivity contribution is -0.117. The van der Waals surface area contributed by atoms with Gasteiger partial charge in [0, 0.05) is 12.1 Å². The van der Waals surface area contributed by atoms with Gasteiger partial charge in [-0.15, -0.1) is 0 Å². The smallest absolute Gasteiger partial charge is 0.251 e. The number of aromatic nitrogens is 3. The maximum Gasteiger partial charge on any atom is 0.251 e. The first-order valence-corrected chi connectivity index (χ1v) is 9.86. The minimum Gasteiger partial charge on any atom is -0.345 e. The molecule has 0 aliphatic rings. The fraction of sp³-hybridized carbons (Fsp3) is 0.238. The normalized spacial score (nSPS) is 10.6. The number of hydrogen-bond acceptors (Lipinski definition) is 4. The van der Waals surface area contributed by atoms with Crippen LogP contribution in [0.25, 0.3) is 0 Å². The lowest BCUT2D eigenvalue weighted by atomic mass is 10.1. The number of para-hydroxylation sites is 1. The van der Waals surface area contributed by atoms with Gasteiger partial charge in [-0.3, -0.25) is 9.59 Å². The van der Waals surface area contributed by atoms with Gasteiger partial charge in [0.05, 0.1) is 12.2 Å². The number of benzene rings is 2. The number of carbonyl (C=O) groups excluding carboxylic acids is 2. The molecule has 7 nitrogen and oxygen atoms in total. The number of halogens is 1. The SMILES string of the molecule is CCn1c(CNC(=O)c2ccccc2C)nn(CC(=O)Nc2ccccc2F)c1=S. The zero-order valence-corrected chi connectivity index (χ0v) is 17.5. The van der Waals surface area contributed by atoms with Gasteiger partial charge in [-0.1, -0.05) is 30.3 Å². The van der Waals surface area contributed by atoms with Gasteiger partial charge in [0.15, 0.2) is 10.6 Å². The molecule has 1 aromatic heterocycles. The lowest BCUT2D eigenvalue weighted by Crippen LogP contribution is -2.25. The van der Waals surface area contributed by atoms with E-state index in [2.05, 4.69) is 15.7 Å². The molecule has 0 saturated heterocycles. The van der Waals surface area contributed by atoms with Crippen LogP contribution in [-0.4, -0.2) is 26.2 Å². The van der Waals surface area contributed by atoms with E-state index in [-0.39, 0.29) is 24.7 Å². The molecule has 2 aromatic carbocycles. The molecule has 9 heteroatoms. The molecule has 0 aliphatic carbocycles. The summed E-state index contributed by atoms with van der Waals surface area (Å²) in [6, 6.07) is 13.2. The molecule has 0 aliphatic heterocycles. The van der Waals surface area contributed by atoms with Gasteiger partial charge >= 0.3 is 0 Å². The molecule has 0 radical (unpaired) electrons. The first-order valence-electron chi connectivity index (χ1n) is 9.45. The van der Waals surface area contributed by atoms with Crippen molar-refractivity contribution in [1.29, 1.82) is 0 Å². The van der Waals surface area contributed by atoms with Gasteiger partial charge in [0.2, 0.25) is 5.91 Å². The fourth-order valence-corrected chi connectivity index (χ4v) is 3.35. The number of amides is 2. The number of carbonyl (C=O) groups is 2. The summed E-state index contributed by atoms with van der Waals surface area (Å²) in [6.45, 7) is 4.29. The highest BCUT2D eigenvalue weighted by Crippen LogP contribution is 2.13. The Morgan fingerprint density at radius 3 is 2.53 bits per heavy atom. The molecule has 2 N–H and O–H groups in total. The second-order valence-electron chi connectivity index (χ2n) is 6.63. The molecule has 3 aromatic rings. The van der Waals surface area contributed by atoms with Gasteiger partial charge in [-0.25, -0.2) is 9.07 Å². The Hall–Kier alpha value is -3.33. The molecule has 1 heterocycles. The minimum atomic E-state index is -0.520. The average molecular weight is 428 g/mol. The van der Waals surface area contributed by atoms with E-state index in [0.29, 0.717) is 22.7 Å². The van der Waals surface area contributed by atoms with Crippen molar-refractivity contribution < 1.29 is 14.0 Å². The molecule has 2 amide bonds. The second kappa shape index (κ2) is 9.45. The molecule has 0 fully saturated rings. The minimum absolute atomic E-state index is 0.0923. The summed E-state index contributed by atoms with van der Waals surface area (Å²) in [7, 11) is 0. The molecule has 156 valence electrons. The van der Waals surface area contributed by atoms with Crippen LogP contribution in [0.3, 0.4) is 0 Å². The van der Waals surface area contributed by atoms with E-state index < -0.39 is 11.7 Å². The highest BCUT2D eigenvalue weighted by Gasteiger charge is 2.15. The monoisotopic (exact) mass is 427 g/mol. The highest BCUT2D eigenvalue weighted by molar-refractivity contribution is 7.71. The molecule has 0 saturated carbocycles. The van der Waals surface area contributed by atoms with E-state index in [1.54, 1.807) is 28.8 Å². The zero-order valence-electron chi connectivity index (χ0n) is 16.7. The summed E-state index contributed by atoms with van der Waals surface area (Å²) in [6.07, 6.45) is 0. The van der Waals surface area contributed by atoms with Crippen molar-refractivity contribution in [3.8, 4) is 0 Å². The molecule has 0 bridgehead atoms. The summed E-state index contributed by atoms with van der Waals surface area (Å²) >= 11 is 5.41. The fourth-order valence-electron chi connectivity index (χ4n) is 3.01. The third kappa shape index (κ3) is 4.80. The summed E-state index contributed by atoms with van der Waals surface area (Å²) in [5, 5.41) is 9.73. The number of nitrogens with zero attached hydrogens (tertiary/aromatic N) is 3. The number of nitrogens with one attached hydrogen (secondary N) is 2. The second-order valence-corrected chi connectivity index (χ2v) is 6.99. The van der Waals surface area contributed by atoms with E-state index in [1.807, 2.05) is 26.0 Å². The molecular formula is C21H22FN5O2S. The van der Waals surface area contributed by atoms with Crippen molar-refractivity contribution in [3.05, 3.63) is 76.1 Å². The van der Waals surface area contributed by atoms with Crippen LogP contribution in [-0.2, 0) is 24.4 Å². The predicted octanol–water partition coefficient (Wildman–Crippen LogP) is 3.45. The number of aryl methyl sites for hydroxylation is 1. The lowest BCUT2D eigenvalue weighted by Gasteiger charge is -2.07. The van der Waals surface area contributed by atoms with Gasteiger partial charge in [-0.2, -0.15) is 5.10 Å². The van der Waals surface area contributed by atoms with Crippen LogP contribution in [0, 0.1) is 17.5 Å². The third-order valence-electron chi connectivity index (χ3n) is 4.55. The van der Waals surface area contributed by atoms with Crippen LogP contribution in [0.15, 0.2) is 48.5 Å². The van der Waals surface area contributed by atoms with Gasteiger partial charge in [0.1, 0.15) is 12.4 Å². The van der Waals surface area contributed by atoms with Crippen LogP contribution in [0.2, 0.25) is 0 Å². The quantitative estimate of drug-likeness (QED) is 0.566. The van der Waals surface area contributed by atoms with E-state index in [1.165, 1.54) is 16.8 Å². The predicted molar refractivity (Wildman–Crippen MR) is 114 cm³/mol. The Kier molecular flexibility index (Phi) is 6.73. The molecule has 30 heavy (non-hydrogen) atoms. The zero-order chi connectivity index (χ0) is 21.7. The molecule has 0 spiro atoms. The number of rotatable bonds is 7. The van der Waals surface area contributed by atoms with Crippen molar-refractivity contribution in [3.63, 3.8) is 0 Å². The Morgan fingerprint density at radius 1 is 1.13 bits per heavy atom. The summed E-state index contributed by atoms with van der Waals surface area (Å²) < 4.78 is 17.2. The first-order chi connectivity index (χ1) is 14.4. The van der Waals surface area contributed by atoms with Crippen LogP contribution in [0.1, 0.15) is 28.7 Å².